The van der Waals surface area contributed by atoms with E-state index >= 15 is 0 Å². The molecule has 1 unspecified atom stereocenters. The van der Waals surface area contributed by atoms with Crippen LogP contribution in [0.4, 0.5) is 0 Å². The highest BCUT2D eigenvalue weighted by Gasteiger charge is 2.42. The van der Waals surface area contributed by atoms with Gasteiger partial charge in [0.2, 0.25) is 0 Å². The van der Waals surface area contributed by atoms with Crippen LogP contribution in [0.2, 0.25) is 0 Å². The number of carbonyl (C=O) groups is 1. The lowest BCUT2D eigenvalue weighted by atomic mass is 10.1. The highest BCUT2D eigenvalue weighted by molar-refractivity contribution is 5.69. The van der Waals surface area contributed by atoms with Crippen molar-refractivity contribution in [3.05, 3.63) is 0 Å². The molecule has 1 aliphatic rings. The summed E-state index contributed by atoms with van der Waals surface area (Å²) in [6.07, 6.45) is 4.74. The Bertz CT molecular complexity index is 309. The van der Waals surface area contributed by atoms with E-state index in [0.717, 1.165) is 19.3 Å². The number of hydrogen-bond acceptors (Lipinski definition) is 6. The quantitative estimate of drug-likeness (QED) is 0.395. The Labute approximate surface area is 132 Å². The van der Waals surface area contributed by atoms with E-state index in [2.05, 4.69) is 6.92 Å². The number of ether oxygens (including phenoxy) is 2. The van der Waals surface area contributed by atoms with E-state index in [1.165, 1.54) is 32.1 Å². The van der Waals surface area contributed by atoms with Crippen molar-refractivity contribution in [3.8, 4) is 0 Å². The highest BCUT2D eigenvalue weighted by atomic mass is 16.7. The van der Waals surface area contributed by atoms with Crippen LogP contribution in [0.5, 0.6) is 0 Å². The monoisotopic (exact) mass is 318 g/mol. The molecule has 0 aromatic carbocycles. The van der Waals surface area contributed by atoms with Gasteiger partial charge in [-0.15, -0.1) is 0 Å². The van der Waals surface area contributed by atoms with E-state index in [1.807, 2.05) is 0 Å². The van der Waals surface area contributed by atoms with E-state index < -0.39 is 24.6 Å². The number of hydrogen-bond donors (Lipinski definition) is 3. The Balaban J connectivity index is 1.98. The molecule has 1 fully saturated rings. The fourth-order valence-electron chi connectivity index (χ4n) is 2.52. The first-order chi connectivity index (χ1) is 10.6. The van der Waals surface area contributed by atoms with Crippen LogP contribution in [-0.2, 0) is 14.3 Å². The van der Waals surface area contributed by atoms with Gasteiger partial charge in [-0.1, -0.05) is 51.9 Å². The van der Waals surface area contributed by atoms with E-state index in [1.54, 1.807) is 0 Å². The predicted molar refractivity (Wildman–Crippen MR) is 81.1 cm³/mol. The highest BCUT2D eigenvalue weighted by Crippen LogP contribution is 2.20. The van der Waals surface area contributed by atoms with Gasteiger partial charge in [-0.05, 0) is 6.42 Å². The molecule has 0 amide bonds. The first kappa shape index (κ1) is 19.4. The molecule has 6 heteroatoms. The SMILES string of the molecule is CCCCCCCCCCC(=O)OC[C@H]1OC(O)[C@H](O)[C@@H]1O. The molecule has 0 radical (unpaired) electrons. The van der Waals surface area contributed by atoms with Crippen molar-refractivity contribution in [3.63, 3.8) is 0 Å². The van der Waals surface area contributed by atoms with Crippen LogP contribution in [0.25, 0.3) is 0 Å². The molecular weight excluding hydrogens is 288 g/mol. The Morgan fingerprint density at radius 1 is 0.955 bits per heavy atom. The molecule has 0 saturated carbocycles. The number of aliphatic hydroxyl groups is 3. The summed E-state index contributed by atoms with van der Waals surface area (Å²) >= 11 is 0. The summed E-state index contributed by atoms with van der Waals surface area (Å²) in [6, 6.07) is 0. The maximum atomic E-state index is 11.6. The average Bonchev–Trinajstić information content (AvgIpc) is 2.75. The summed E-state index contributed by atoms with van der Waals surface area (Å²) in [5.74, 6) is -0.335. The van der Waals surface area contributed by atoms with E-state index in [4.69, 9.17) is 9.47 Å². The summed E-state index contributed by atoms with van der Waals surface area (Å²) in [5.41, 5.74) is 0. The molecule has 1 rings (SSSR count). The smallest absolute Gasteiger partial charge is 0.305 e. The molecule has 0 bridgehead atoms. The largest absolute Gasteiger partial charge is 0.463 e. The van der Waals surface area contributed by atoms with Gasteiger partial charge in [-0.25, -0.2) is 0 Å². The molecule has 22 heavy (non-hydrogen) atoms. The fraction of sp³-hybridized carbons (Fsp3) is 0.938. The number of rotatable bonds is 11. The van der Waals surface area contributed by atoms with Crippen LogP contribution in [0.3, 0.4) is 0 Å². The molecule has 1 saturated heterocycles. The third-order valence-corrected chi connectivity index (χ3v) is 3.98. The minimum absolute atomic E-state index is 0.148. The van der Waals surface area contributed by atoms with Gasteiger partial charge in [-0.2, -0.15) is 0 Å². The number of aliphatic hydroxyl groups excluding tert-OH is 3. The Kier molecular flexibility index (Phi) is 9.63. The molecule has 1 heterocycles. The molecule has 0 aliphatic carbocycles. The van der Waals surface area contributed by atoms with Crippen LogP contribution in [0, 0.1) is 0 Å². The first-order valence-electron chi connectivity index (χ1n) is 8.41. The fourth-order valence-corrected chi connectivity index (χ4v) is 2.52. The zero-order valence-corrected chi connectivity index (χ0v) is 13.4. The molecule has 6 nitrogen and oxygen atoms in total. The maximum absolute atomic E-state index is 11.6. The van der Waals surface area contributed by atoms with Gasteiger partial charge >= 0.3 is 5.97 Å². The minimum atomic E-state index is -1.42. The van der Waals surface area contributed by atoms with Crippen molar-refractivity contribution in [1.29, 1.82) is 0 Å². The van der Waals surface area contributed by atoms with E-state index in [0.29, 0.717) is 6.42 Å². The van der Waals surface area contributed by atoms with Crippen LogP contribution < -0.4 is 0 Å². The van der Waals surface area contributed by atoms with Gasteiger partial charge in [0.15, 0.2) is 6.29 Å². The van der Waals surface area contributed by atoms with Crippen LogP contribution in [0.1, 0.15) is 64.7 Å². The van der Waals surface area contributed by atoms with Crippen molar-refractivity contribution in [2.75, 3.05) is 6.61 Å². The molecule has 130 valence electrons. The topological polar surface area (TPSA) is 96.2 Å². The molecule has 0 spiro atoms. The second-order valence-corrected chi connectivity index (χ2v) is 5.95. The lowest BCUT2D eigenvalue weighted by Crippen LogP contribution is -2.34. The molecule has 3 N–H and O–H groups in total. The number of unbranched alkanes of at least 4 members (excludes halogenated alkanes) is 7. The lowest BCUT2D eigenvalue weighted by Gasteiger charge is -2.14. The molecule has 0 aromatic rings. The normalized spacial score (nSPS) is 28.0. The Morgan fingerprint density at radius 3 is 2.09 bits per heavy atom. The molecule has 1 aliphatic heterocycles. The van der Waals surface area contributed by atoms with Crippen LogP contribution in [-0.4, -0.2) is 52.5 Å². The van der Waals surface area contributed by atoms with Gasteiger partial charge in [0, 0.05) is 6.42 Å². The average molecular weight is 318 g/mol. The number of carbonyl (C=O) groups excluding carboxylic acids is 1. The maximum Gasteiger partial charge on any atom is 0.305 e. The van der Waals surface area contributed by atoms with Gasteiger partial charge in [0.05, 0.1) is 0 Å². The number of esters is 1. The second kappa shape index (κ2) is 10.9. The molecule has 4 atom stereocenters. The standard InChI is InChI=1S/C16H30O6/c1-2-3-4-5-6-7-8-9-10-13(17)21-11-12-14(18)15(19)16(20)22-12/h12,14-16,18-20H,2-11H2,1H3/t12-,14-,15-,16?/m1/s1. The zero-order chi connectivity index (χ0) is 16.4. The third kappa shape index (κ3) is 7.05. The second-order valence-electron chi connectivity index (χ2n) is 5.95. The van der Waals surface area contributed by atoms with Crippen molar-refractivity contribution < 1.29 is 29.6 Å². The van der Waals surface area contributed by atoms with E-state index in [-0.39, 0.29) is 12.6 Å². The summed E-state index contributed by atoms with van der Waals surface area (Å²) < 4.78 is 9.91. The van der Waals surface area contributed by atoms with Gasteiger partial charge in [0.25, 0.3) is 0 Å². The van der Waals surface area contributed by atoms with E-state index in [9.17, 15) is 20.1 Å². The summed E-state index contributed by atoms with van der Waals surface area (Å²) in [5, 5.41) is 28.1. The van der Waals surface area contributed by atoms with Crippen molar-refractivity contribution in [2.24, 2.45) is 0 Å². The summed E-state index contributed by atoms with van der Waals surface area (Å²) in [6.45, 7) is 2.05. The van der Waals surface area contributed by atoms with Gasteiger partial charge in [-0.3, -0.25) is 4.79 Å². The summed E-state index contributed by atoms with van der Waals surface area (Å²) in [7, 11) is 0. The Morgan fingerprint density at radius 2 is 1.55 bits per heavy atom. The van der Waals surface area contributed by atoms with Gasteiger partial charge < -0.3 is 24.8 Å². The van der Waals surface area contributed by atoms with Crippen molar-refractivity contribution in [1.82, 2.24) is 0 Å². The summed E-state index contributed by atoms with van der Waals surface area (Å²) in [4.78, 5) is 11.6. The van der Waals surface area contributed by atoms with Crippen molar-refractivity contribution >= 4 is 5.97 Å². The Hall–Kier alpha value is -0.690. The van der Waals surface area contributed by atoms with Crippen molar-refractivity contribution in [2.45, 2.75) is 89.3 Å². The van der Waals surface area contributed by atoms with Crippen LogP contribution in [0.15, 0.2) is 0 Å². The minimum Gasteiger partial charge on any atom is -0.463 e. The molecule has 0 aromatic heterocycles. The zero-order valence-electron chi connectivity index (χ0n) is 13.4. The predicted octanol–water partition coefficient (Wildman–Crippen LogP) is 1.50. The van der Waals surface area contributed by atoms with Gasteiger partial charge in [0.1, 0.15) is 24.9 Å². The first-order valence-corrected chi connectivity index (χ1v) is 8.41. The third-order valence-electron chi connectivity index (χ3n) is 3.98. The lowest BCUT2D eigenvalue weighted by molar-refractivity contribution is -0.157. The van der Waals surface area contributed by atoms with Crippen LogP contribution >= 0.6 is 0 Å². The molecular formula is C16H30O6.